The molecule has 0 aromatic heterocycles. The molecule has 0 aliphatic heterocycles. The van der Waals surface area contributed by atoms with Gasteiger partial charge in [-0.25, -0.2) is 0 Å². The predicted molar refractivity (Wildman–Crippen MR) is 81.6 cm³/mol. The Morgan fingerprint density at radius 3 is 2.52 bits per heavy atom. The van der Waals surface area contributed by atoms with Crippen molar-refractivity contribution in [2.24, 2.45) is 5.92 Å². The van der Waals surface area contributed by atoms with Gasteiger partial charge in [-0.1, -0.05) is 44.2 Å². The zero-order chi connectivity index (χ0) is 15.7. The predicted octanol–water partition coefficient (Wildman–Crippen LogP) is 1.43. The highest BCUT2D eigenvalue weighted by Crippen LogP contribution is 2.09. The first-order valence-electron chi connectivity index (χ1n) is 7.18. The topological polar surface area (TPSA) is 58.6 Å². The van der Waals surface area contributed by atoms with Crippen molar-refractivity contribution in [1.29, 1.82) is 0 Å². The molecular weight excluding hydrogens is 268 g/mol. The number of nitrogens with zero attached hydrogens (tertiary/aromatic N) is 1. The van der Waals surface area contributed by atoms with Gasteiger partial charge in [-0.15, -0.1) is 0 Å². The fourth-order valence-corrected chi connectivity index (χ4v) is 2.00. The monoisotopic (exact) mass is 292 g/mol. The number of hydrogen-bond acceptors (Lipinski definition) is 4. The maximum absolute atomic E-state index is 12.5. The van der Waals surface area contributed by atoms with Gasteiger partial charge in [-0.2, -0.15) is 0 Å². The zero-order valence-electron chi connectivity index (χ0n) is 13.0. The van der Waals surface area contributed by atoms with Crippen molar-refractivity contribution in [3.63, 3.8) is 0 Å². The molecule has 0 aliphatic rings. The second-order valence-corrected chi connectivity index (χ2v) is 4.96. The summed E-state index contributed by atoms with van der Waals surface area (Å²) in [6.45, 7) is 5.65. The van der Waals surface area contributed by atoms with Gasteiger partial charge in [0.25, 0.3) is 0 Å². The lowest BCUT2D eigenvalue weighted by atomic mass is 10.1. The number of carbonyl (C=O) groups excluding carboxylic acids is 2. The van der Waals surface area contributed by atoms with Crippen LogP contribution in [0.4, 0.5) is 0 Å². The summed E-state index contributed by atoms with van der Waals surface area (Å²) in [4.78, 5) is 25.5. The van der Waals surface area contributed by atoms with Gasteiger partial charge in [0, 0.05) is 19.0 Å². The molecule has 1 aromatic carbocycles. The van der Waals surface area contributed by atoms with Crippen molar-refractivity contribution in [2.75, 3.05) is 26.7 Å². The molecule has 1 unspecified atom stereocenters. The lowest BCUT2D eigenvalue weighted by Gasteiger charge is -2.25. The molecule has 0 aliphatic carbocycles. The molecule has 0 spiro atoms. The molecule has 1 N–H and O–H groups in total. The van der Waals surface area contributed by atoms with Gasteiger partial charge in [0.2, 0.25) is 5.91 Å². The van der Waals surface area contributed by atoms with Crippen molar-refractivity contribution in [3.05, 3.63) is 35.9 Å². The molecule has 0 bridgehead atoms. The number of benzene rings is 1. The Kier molecular flexibility index (Phi) is 7.46. The molecule has 5 nitrogen and oxygen atoms in total. The number of hydrogen-bond donors (Lipinski definition) is 1. The first kappa shape index (κ1) is 17.2. The molecule has 1 atom stereocenters. The summed E-state index contributed by atoms with van der Waals surface area (Å²) in [7, 11) is 1.33. The molecule has 1 rings (SSSR count). The number of amides is 1. The van der Waals surface area contributed by atoms with E-state index in [2.05, 4.69) is 10.1 Å². The van der Waals surface area contributed by atoms with E-state index in [0.29, 0.717) is 13.1 Å². The SMILES string of the molecule is CCNCC(C)C(=O)N(CC(=O)OC)Cc1ccccc1. The number of esters is 1. The van der Waals surface area contributed by atoms with Gasteiger partial charge in [0.05, 0.1) is 7.11 Å². The molecule has 116 valence electrons. The van der Waals surface area contributed by atoms with E-state index in [1.165, 1.54) is 7.11 Å². The third-order valence-electron chi connectivity index (χ3n) is 3.20. The van der Waals surface area contributed by atoms with Crippen molar-refractivity contribution in [2.45, 2.75) is 20.4 Å². The molecule has 0 heterocycles. The third kappa shape index (κ3) is 5.95. The van der Waals surface area contributed by atoms with E-state index >= 15 is 0 Å². The smallest absolute Gasteiger partial charge is 0.325 e. The van der Waals surface area contributed by atoms with Crippen LogP contribution < -0.4 is 5.32 Å². The highest BCUT2D eigenvalue weighted by molar-refractivity contribution is 5.83. The van der Waals surface area contributed by atoms with Gasteiger partial charge >= 0.3 is 5.97 Å². The fraction of sp³-hybridized carbons (Fsp3) is 0.500. The molecule has 0 radical (unpaired) electrons. The van der Waals surface area contributed by atoms with E-state index in [1.54, 1.807) is 4.90 Å². The van der Waals surface area contributed by atoms with Crippen LogP contribution in [0.1, 0.15) is 19.4 Å². The summed E-state index contributed by atoms with van der Waals surface area (Å²) >= 11 is 0. The third-order valence-corrected chi connectivity index (χ3v) is 3.20. The Morgan fingerprint density at radius 2 is 1.95 bits per heavy atom. The van der Waals surface area contributed by atoms with E-state index < -0.39 is 5.97 Å². The number of rotatable bonds is 8. The highest BCUT2D eigenvalue weighted by atomic mass is 16.5. The Hall–Kier alpha value is -1.88. The Balaban J connectivity index is 2.76. The van der Waals surface area contributed by atoms with Gasteiger partial charge < -0.3 is 15.0 Å². The van der Waals surface area contributed by atoms with Crippen molar-refractivity contribution >= 4 is 11.9 Å². The van der Waals surface area contributed by atoms with E-state index in [1.807, 2.05) is 44.2 Å². The summed E-state index contributed by atoms with van der Waals surface area (Å²) in [5.41, 5.74) is 0.991. The summed E-state index contributed by atoms with van der Waals surface area (Å²) in [5, 5.41) is 3.15. The van der Waals surface area contributed by atoms with Crippen LogP contribution in [0.25, 0.3) is 0 Å². The molecule has 1 amide bonds. The summed E-state index contributed by atoms with van der Waals surface area (Å²) in [6, 6.07) is 9.62. The van der Waals surface area contributed by atoms with Gasteiger partial charge in [-0.3, -0.25) is 9.59 Å². The lowest BCUT2D eigenvalue weighted by Crippen LogP contribution is -2.41. The van der Waals surface area contributed by atoms with E-state index in [9.17, 15) is 9.59 Å². The van der Waals surface area contributed by atoms with E-state index in [4.69, 9.17) is 0 Å². The minimum atomic E-state index is -0.407. The number of carbonyl (C=O) groups is 2. The van der Waals surface area contributed by atoms with E-state index in [-0.39, 0.29) is 18.4 Å². The average molecular weight is 292 g/mol. The van der Waals surface area contributed by atoms with Crippen molar-refractivity contribution in [1.82, 2.24) is 10.2 Å². The Morgan fingerprint density at radius 1 is 1.29 bits per heavy atom. The standard InChI is InChI=1S/C16H24N2O3/c1-4-17-10-13(2)16(20)18(12-15(19)21-3)11-14-8-6-5-7-9-14/h5-9,13,17H,4,10-12H2,1-3H3. The van der Waals surface area contributed by atoms with Gasteiger partial charge in [0.1, 0.15) is 6.54 Å². The average Bonchev–Trinajstić information content (AvgIpc) is 2.52. The molecule has 21 heavy (non-hydrogen) atoms. The van der Waals surface area contributed by atoms with Gasteiger partial charge in [-0.05, 0) is 12.1 Å². The quantitative estimate of drug-likeness (QED) is 0.737. The minimum absolute atomic E-state index is 0.0271. The molecule has 1 aromatic rings. The van der Waals surface area contributed by atoms with Crippen molar-refractivity contribution in [3.8, 4) is 0 Å². The summed E-state index contributed by atoms with van der Waals surface area (Å²) in [5.74, 6) is -0.640. The van der Waals surface area contributed by atoms with E-state index in [0.717, 1.165) is 12.1 Å². The van der Waals surface area contributed by atoms with Crippen LogP contribution in [0.3, 0.4) is 0 Å². The lowest BCUT2D eigenvalue weighted by molar-refractivity contribution is -0.148. The van der Waals surface area contributed by atoms with Crippen LogP contribution in [0.15, 0.2) is 30.3 Å². The van der Waals surface area contributed by atoms with Gasteiger partial charge in [0.15, 0.2) is 0 Å². The highest BCUT2D eigenvalue weighted by Gasteiger charge is 2.22. The van der Waals surface area contributed by atoms with Crippen LogP contribution in [0.5, 0.6) is 0 Å². The molecule has 0 saturated carbocycles. The maximum Gasteiger partial charge on any atom is 0.325 e. The number of nitrogens with one attached hydrogen (secondary N) is 1. The Bertz CT molecular complexity index is 448. The summed E-state index contributed by atoms with van der Waals surface area (Å²) < 4.78 is 4.68. The zero-order valence-corrected chi connectivity index (χ0v) is 13.0. The first-order chi connectivity index (χ1) is 10.1. The molecular formula is C16H24N2O3. The molecule has 0 saturated heterocycles. The fourth-order valence-electron chi connectivity index (χ4n) is 2.00. The Labute approximate surface area is 126 Å². The summed E-state index contributed by atoms with van der Waals surface area (Å²) in [6.07, 6.45) is 0. The first-order valence-corrected chi connectivity index (χ1v) is 7.18. The largest absolute Gasteiger partial charge is 0.468 e. The van der Waals surface area contributed by atoms with Crippen LogP contribution in [-0.4, -0.2) is 43.5 Å². The number of ether oxygens (including phenoxy) is 1. The molecule has 0 fully saturated rings. The maximum atomic E-state index is 12.5. The normalized spacial score (nSPS) is 11.8. The van der Waals surface area contributed by atoms with Crippen LogP contribution in [-0.2, 0) is 20.9 Å². The van der Waals surface area contributed by atoms with Crippen LogP contribution in [0.2, 0.25) is 0 Å². The minimum Gasteiger partial charge on any atom is -0.468 e. The second kappa shape index (κ2) is 9.13. The molecule has 5 heteroatoms. The number of methoxy groups -OCH3 is 1. The van der Waals surface area contributed by atoms with Crippen LogP contribution >= 0.6 is 0 Å². The second-order valence-electron chi connectivity index (χ2n) is 4.96. The van der Waals surface area contributed by atoms with Crippen LogP contribution in [0, 0.1) is 5.92 Å². The van der Waals surface area contributed by atoms with Crippen molar-refractivity contribution < 1.29 is 14.3 Å².